The van der Waals surface area contributed by atoms with Crippen molar-refractivity contribution in [3.63, 3.8) is 0 Å². The SMILES string of the molecule is CCCC(N)c1ccn(CCC(=O)NC)c1. The number of aromatic nitrogens is 1. The summed E-state index contributed by atoms with van der Waals surface area (Å²) in [5.41, 5.74) is 7.16. The Morgan fingerprint density at radius 1 is 1.62 bits per heavy atom. The summed E-state index contributed by atoms with van der Waals surface area (Å²) in [6.45, 7) is 2.83. The minimum Gasteiger partial charge on any atom is -0.359 e. The summed E-state index contributed by atoms with van der Waals surface area (Å²) in [7, 11) is 1.65. The quantitative estimate of drug-likeness (QED) is 0.766. The molecule has 0 spiro atoms. The maximum absolute atomic E-state index is 11.1. The number of amides is 1. The van der Waals surface area contributed by atoms with Gasteiger partial charge in [0.05, 0.1) is 0 Å². The average Bonchev–Trinajstić information content (AvgIpc) is 2.75. The normalized spacial score (nSPS) is 12.4. The highest BCUT2D eigenvalue weighted by Crippen LogP contribution is 2.15. The van der Waals surface area contributed by atoms with E-state index in [0.29, 0.717) is 13.0 Å². The molecule has 4 nitrogen and oxygen atoms in total. The lowest BCUT2D eigenvalue weighted by Gasteiger charge is -2.07. The van der Waals surface area contributed by atoms with E-state index in [1.165, 1.54) is 0 Å². The molecular weight excluding hydrogens is 202 g/mol. The van der Waals surface area contributed by atoms with Gasteiger partial charge in [-0.2, -0.15) is 0 Å². The number of hydrogen-bond donors (Lipinski definition) is 2. The first kappa shape index (κ1) is 12.8. The van der Waals surface area contributed by atoms with Gasteiger partial charge in [-0.3, -0.25) is 4.79 Å². The minimum atomic E-state index is 0.0631. The van der Waals surface area contributed by atoms with Crippen LogP contribution in [-0.4, -0.2) is 17.5 Å². The first-order chi connectivity index (χ1) is 7.67. The summed E-state index contributed by atoms with van der Waals surface area (Å²) >= 11 is 0. The van der Waals surface area contributed by atoms with Crippen molar-refractivity contribution in [3.05, 3.63) is 24.0 Å². The van der Waals surface area contributed by atoms with E-state index in [2.05, 4.69) is 12.2 Å². The average molecular weight is 223 g/mol. The smallest absolute Gasteiger partial charge is 0.221 e. The molecule has 0 radical (unpaired) electrons. The number of nitrogens with zero attached hydrogens (tertiary/aromatic N) is 1. The van der Waals surface area contributed by atoms with Gasteiger partial charge in [0.25, 0.3) is 0 Å². The highest BCUT2D eigenvalue weighted by atomic mass is 16.1. The predicted molar refractivity (Wildman–Crippen MR) is 65.0 cm³/mol. The van der Waals surface area contributed by atoms with Crippen molar-refractivity contribution >= 4 is 5.91 Å². The van der Waals surface area contributed by atoms with Crippen LogP contribution in [0.1, 0.15) is 37.8 Å². The Bertz CT molecular complexity index is 333. The predicted octanol–water partition coefficient (Wildman–Crippen LogP) is 1.42. The van der Waals surface area contributed by atoms with E-state index >= 15 is 0 Å². The lowest BCUT2D eigenvalue weighted by atomic mass is 10.1. The van der Waals surface area contributed by atoms with Gasteiger partial charge in [-0.05, 0) is 18.1 Å². The van der Waals surface area contributed by atoms with Crippen molar-refractivity contribution in [2.45, 2.75) is 38.8 Å². The van der Waals surface area contributed by atoms with Gasteiger partial charge in [0, 0.05) is 38.4 Å². The molecule has 1 aromatic rings. The topological polar surface area (TPSA) is 60.0 Å². The lowest BCUT2D eigenvalue weighted by molar-refractivity contribution is -0.120. The number of carbonyl (C=O) groups is 1. The molecule has 90 valence electrons. The van der Waals surface area contributed by atoms with Crippen LogP contribution in [0.2, 0.25) is 0 Å². The molecule has 0 aliphatic heterocycles. The summed E-state index contributed by atoms with van der Waals surface area (Å²) in [6.07, 6.45) is 6.61. The van der Waals surface area contributed by atoms with E-state index in [1.807, 2.05) is 23.0 Å². The van der Waals surface area contributed by atoms with Crippen molar-refractivity contribution in [1.82, 2.24) is 9.88 Å². The first-order valence-corrected chi connectivity index (χ1v) is 5.79. The van der Waals surface area contributed by atoms with Crippen LogP contribution >= 0.6 is 0 Å². The van der Waals surface area contributed by atoms with E-state index in [9.17, 15) is 4.79 Å². The summed E-state index contributed by atoms with van der Waals surface area (Å²) in [4.78, 5) is 11.1. The van der Waals surface area contributed by atoms with E-state index < -0.39 is 0 Å². The summed E-state index contributed by atoms with van der Waals surface area (Å²) < 4.78 is 2.01. The van der Waals surface area contributed by atoms with E-state index in [0.717, 1.165) is 18.4 Å². The van der Waals surface area contributed by atoms with Crippen LogP contribution in [0.5, 0.6) is 0 Å². The summed E-state index contributed by atoms with van der Waals surface area (Å²) in [5.74, 6) is 0.0631. The zero-order chi connectivity index (χ0) is 12.0. The van der Waals surface area contributed by atoms with Gasteiger partial charge in [0.15, 0.2) is 0 Å². The molecule has 0 fully saturated rings. The molecule has 0 aromatic carbocycles. The summed E-state index contributed by atoms with van der Waals surface area (Å²) in [6, 6.07) is 2.15. The molecule has 1 heterocycles. The highest BCUT2D eigenvalue weighted by molar-refractivity contribution is 5.75. The van der Waals surface area contributed by atoms with Crippen LogP contribution in [0, 0.1) is 0 Å². The number of aryl methyl sites for hydroxylation is 1. The van der Waals surface area contributed by atoms with Crippen molar-refractivity contribution in [1.29, 1.82) is 0 Å². The van der Waals surface area contributed by atoms with Crippen LogP contribution in [0.15, 0.2) is 18.5 Å². The van der Waals surface area contributed by atoms with Gasteiger partial charge in [-0.25, -0.2) is 0 Å². The molecule has 0 aliphatic rings. The molecule has 1 unspecified atom stereocenters. The van der Waals surface area contributed by atoms with Crippen molar-refractivity contribution < 1.29 is 4.79 Å². The van der Waals surface area contributed by atoms with Crippen LogP contribution in [-0.2, 0) is 11.3 Å². The molecule has 1 rings (SSSR count). The fourth-order valence-corrected chi connectivity index (χ4v) is 1.65. The lowest BCUT2D eigenvalue weighted by Crippen LogP contribution is -2.19. The molecule has 1 aromatic heterocycles. The molecule has 16 heavy (non-hydrogen) atoms. The molecular formula is C12H21N3O. The number of hydrogen-bond acceptors (Lipinski definition) is 2. The molecule has 0 bridgehead atoms. The maximum Gasteiger partial charge on any atom is 0.221 e. The molecule has 1 amide bonds. The third-order valence-corrected chi connectivity index (χ3v) is 2.68. The van der Waals surface area contributed by atoms with Gasteiger partial charge in [-0.15, -0.1) is 0 Å². The van der Waals surface area contributed by atoms with Crippen LogP contribution in [0.25, 0.3) is 0 Å². The standard InChI is InChI=1S/C12H21N3O/c1-3-4-11(13)10-5-7-15(9-10)8-6-12(16)14-2/h5,7,9,11H,3-4,6,8,13H2,1-2H3,(H,14,16). The molecule has 3 N–H and O–H groups in total. The molecule has 4 heteroatoms. The van der Waals surface area contributed by atoms with E-state index in [-0.39, 0.29) is 11.9 Å². The Labute approximate surface area is 96.8 Å². The number of nitrogens with two attached hydrogens (primary N) is 1. The fraction of sp³-hybridized carbons (Fsp3) is 0.583. The Hall–Kier alpha value is -1.29. The third-order valence-electron chi connectivity index (χ3n) is 2.68. The second-order valence-electron chi connectivity index (χ2n) is 4.00. The van der Waals surface area contributed by atoms with E-state index in [4.69, 9.17) is 5.73 Å². The number of rotatable bonds is 6. The Kier molecular flexibility index (Phi) is 5.05. The fourth-order valence-electron chi connectivity index (χ4n) is 1.65. The number of nitrogens with one attached hydrogen (secondary N) is 1. The summed E-state index contributed by atoms with van der Waals surface area (Å²) in [5, 5.41) is 2.61. The van der Waals surface area contributed by atoms with Crippen LogP contribution < -0.4 is 11.1 Å². The molecule has 0 aliphatic carbocycles. The van der Waals surface area contributed by atoms with E-state index in [1.54, 1.807) is 7.05 Å². The van der Waals surface area contributed by atoms with Gasteiger partial charge >= 0.3 is 0 Å². The largest absolute Gasteiger partial charge is 0.359 e. The Balaban J connectivity index is 2.48. The van der Waals surface area contributed by atoms with Crippen molar-refractivity contribution in [3.8, 4) is 0 Å². The van der Waals surface area contributed by atoms with Gasteiger partial charge < -0.3 is 15.6 Å². The first-order valence-electron chi connectivity index (χ1n) is 5.79. The Morgan fingerprint density at radius 2 is 2.38 bits per heavy atom. The second-order valence-corrected chi connectivity index (χ2v) is 4.00. The maximum atomic E-state index is 11.1. The Morgan fingerprint density at radius 3 is 3.00 bits per heavy atom. The monoisotopic (exact) mass is 223 g/mol. The van der Waals surface area contributed by atoms with Crippen molar-refractivity contribution in [2.75, 3.05) is 7.05 Å². The highest BCUT2D eigenvalue weighted by Gasteiger charge is 2.06. The number of carbonyl (C=O) groups excluding carboxylic acids is 1. The third kappa shape index (κ3) is 3.70. The molecule has 0 saturated heterocycles. The van der Waals surface area contributed by atoms with Gasteiger partial charge in [-0.1, -0.05) is 13.3 Å². The van der Waals surface area contributed by atoms with Crippen LogP contribution in [0.4, 0.5) is 0 Å². The molecule has 1 atom stereocenters. The van der Waals surface area contributed by atoms with Crippen molar-refractivity contribution in [2.24, 2.45) is 5.73 Å². The van der Waals surface area contributed by atoms with Gasteiger partial charge in [0.1, 0.15) is 0 Å². The van der Waals surface area contributed by atoms with Crippen LogP contribution in [0.3, 0.4) is 0 Å². The minimum absolute atomic E-state index is 0.0631. The van der Waals surface area contributed by atoms with Gasteiger partial charge in [0.2, 0.25) is 5.91 Å². The zero-order valence-electron chi connectivity index (χ0n) is 10.1. The molecule has 0 saturated carbocycles. The second kappa shape index (κ2) is 6.33. The zero-order valence-corrected chi connectivity index (χ0v) is 10.1.